The lowest BCUT2D eigenvalue weighted by atomic mass is 10.7. The summed E-state index contributed by atoms with van der Waals surface area (Å²) in [5.74, 6) is 4.90. The summed E-state index contributed by atoms with van der Waals surface area (Å²) < 4.78 is 21.1. The maximum absolute atomic E-state index is 11.6. The summed E-state index contributed by atoms with van der Waals surface area (Å²) >= 11 is 0. The minimum atomic E-state index is -3.36. The molecule has 4 heteroatoms. The van der Waals surface area contributed by atoms with Crippen LogP contribution in [0.3, 0.4) is 0 Å². The van der Waals surface area contributed by atoms with Crippen molar-refractivity contribution >= 4 is 7.60 Å². The first kappa shape index (κ1) is 11.8. The van der Waals surface area contributed by atoms with E-state index in [-0.39, 0.29) is 6.61 Å². The molecule has 0 saturated carbocycles. The van der Waals surface area contributed by atoms with E-state index in [1.54, 1.807) is 13.8 Å². The van der Waals surface area contributed by atoms with Gasteiger partial charge in [-0.1, -0.05) is 17.9 Å². The Morgan fingerprint density at radius 2 is 2.15 bits per heavy atom. The van der Waals surface area contributed by atoms with Crippen LogP contribution >= 0.6 is 7.60 Å². The SMILES string of the molecule is C=CCOP(=O)(C#CC)OC#CC. The summed E-state index contributed by atoms with van der Waals surface area (Å²) in [5, 5.41) is 0. The van der Waals surface area contributed by atoms with Gasteiger partial charge in [-0.05, 0) is 6.92 Å². The molecule has 0 aromatic rings. The molecule has 0 aromatic carbocycles. The third-order valence-corrected chi connectivity index (χ3v) is 2.20. The molecule has 0 fully saturated rings. The molecule has 0 aromatic heterocycles. The molecule has 0 N–H and O–H groups in total. The topological polar surface area (TPSA) is 35.5 Å². The van der Waals surface area contributed by atoms with Crippen molar-refractivity contribution in [1.82, 2.24) is 0 Å². The Labute approximate surface area is 78.7 Å². The van der Waals surface area contributed by atoms with E-state index in [2.05, 4.69) is 34.7 Å². The van der Waals surface area contributed by atoms with E-state index in [9.17, 15) is 4.57 Å². The third kappa shape index (κ3) is 5.15. The van der Waals surface area contributed by atoms with Gasteiger partial charge in [0.2, 0.25) is 0 Å². The molecule has 0 aliphatic carbocycles. The lowest BCUT2D eigenvalue weighted by Crippen LogP contribution is -1.89. The van der Waals surface area contributed by atoms with E-state index >= 15 is 0 Å². The molecule has 70 valence electrons. The fourth-order valence-corrected chi connectivity index (χ4v) is 1.42. The molecule has 0 spiro atoms. The molecular weight excluding hydrogens is 187 g/mol. The van der Waals surface area contributed by atoms with Gasteiger partial charge in [0.15, 0.2) is 0 Å². The summed E-state index contributed by atoms with van der Waals surface area (Å²) in [6.07, 6.45) is 3.67. The third-order valence-electron chi connectivity index (χ3n) is 0.879. The Balaban J connectivity index is 4.46. The Morgan fingerprint density at radius 1 is 1.46 bits per heavy atom. The molecule has 0 bridgehead atoms. The lowest BCUT2D eigenvalue weighted by molar-refractivity contribution is 0.294. The van der Waals surface area contributed by atoms with Crippen molar-refractivity contribution in [2.45, 2.75) is 13.8 Å². The van der Waals surface area contributed by atoms with E-state index < -0.39 is 7.60 Å². The first-order chi connectivity index (χ1) is 6.18. The van der Waals surface area contributed by atoms with Gasteiger partial charge in [-0.2, -0.15) is 0 Å². The zero-order chi connectivity index (χ0) is 10.2. The second-order valence-corrected chi connectivity index (χ2v) is 3.55. The molecule has 13 heavy (non-hydrogen) atoms. The highest BCUT2D eigenvalue weighted by Gasteiger charge is 2.20. The molecule has 1 unspecified atom stereocenters. The van der Waals surface area contributed by atoms with Gasteiger partial charge in [-0.25, -0.2) is 4.57 Å². The maximum Gasteiger partial charge on any atom is 0.465 e. The van der Waals surface area contributed by atoms with Gasteiger partial charge in [0.05, 0.1) is 6.61 Å². The predicted octanol–water partition coefficient (Wildman–Crippen LogP) is 2.36. The zero-order valence-corrected chi connectivity index (χ0v) is 8.56. The van der Waals surface area contributed by atoms with Gasteiger partial charge < -0.3 is 4.52 Å². The Bertz CT molecular complexity index is 324. The first-order valence-corrected chi connectivity index (χ1v) is 5.12. The molecule has 0 saturated heterocycles. The molecule has 0 rings (SSSR count). The lowest BCUT2D eigenvalue weighted by Gasteiger charge is -2.06. The Kier molecular flexibility index (Phi) is 5.81. The Hall–Kier alpha value is -1.15. The average Bonchev–Trinajstić information content (AvgIpc) is 2.12. The van der Waals surface area contributed by atoms with Crippen LogP contribution < -0.4 is 0 Å². The van der Waals surface area contributed by atoms with Gasteiger partial charge in [-0.3, -0.25) is 4.52 Å². The van der Waals surface area contributed by atoms with Crippen LogP contribution in [0.4, 0.5) is 0 Å². The van der Waals surface area contributed by atoms with Crippen molar-refractivity contribution in [2.75, 3.05) is 6.61 Å². The van der Waals surface area contributed by atoms with Crippen molar-refractivity contribution in [3.8, 4) is 23.6 Å². The van der Waals surface area contributed by atoms with Crippen LogP contribution in [0.25, 0.3) is 0 Å². The second-order valence-electron chi connectivity index (χ2n) is 1.89. The molecule has 0 amide bonds. The zero-order valence-electron chi connectivity index (χ0n) is 7.66. The van der Waals surface area contributed by atoms with Crippen LogP contribution in [-0.4, -0.2) is 6.61 Å². The minimum absolute atomic E-state index is 0.122. The summed E-state index contributed by atoms with van der Waals surface area (Å²) in [4.78, 5) is 0. The highest BCUT2D eigenvalue weighted by molar-refractivity contribution is 7.59. The summed E-state index contributed by atoms with van der Waals surface area (Å²) in [6.45, 7) is 6.66. The number of hydrogen-bond acceptors (Lipinski definition) is 3. The van der Waals surface area contributed by atoms with Gasteiger partial charge in [-0.15, -0.1) is 6.58 Å². The van der Waals surface area contributed by atoms with Crippen LogP contribution in [0.1, 0.15) is 13.8 Å². The number of hydrogen-bond donors (Lipinski definition) is 0. The van der Waals surface area contributed by atoms with Crippen molar-refractivity contribution < 1.29 is 13.6 Å². The molecule has 0 radical (unpaired) electrons. The van der Waals surface area contributed by atoms with Crippen LogP contribution in [0.2, 0.25) is 0 Å². The quantitative estimate of drug-likeness (QED) is 0.395. The van der Waals surface area contributed by atoms with Crippen LogP contribution in [0.5, 0.6) is 0 Å². The van der Waals surface area contributed by atoms with Gasteiger partial charge in [0.25, 0.3) is 0 Å². The van der Waals surface area contributed by atoms with E-state index in [0.29, 0.717) is 0 Å². The summed E-state index contributed by atoms with van der Waals surface area (Å²) in [6, 6.07) is 0. The normalized spacial score (nSPS) is 12.5. The van der Waals surface area contributed by atoms with Crippen molar-refractivity contribution in [3.05, 3.63) is 12.7 Å². The van der Waals surface area contributed by atoms with E-state index in [4.69, 9.17) is 4.52 Å². The van der Waals surface area contributed by atoms with Gasteiger partial charge in [0, 0.05) is 12.6 Å². The highest BCUT2D eigenvalue weighted by Crippen LogP contribution is 2.46. The van der Waals surface area contributed by atoms with Gasteiger partial charge >= 0.3 is 7.60 Å². The predicted molar refractivity (Wildman–Crippen MR) is 51.7 cm³/mol. The van der Waals surface area contributed by atoms with Crippen LogP contribution in [0.15, 0.2) is 12.7 Å². The summed E-state index contributed by atoms with van der Waals surface area (Å²) in [5.41, 5.74) is 2.34. The monoisotopic (exact) mass is 198 g/mol. The average molecular weight is 198 g/mol. The second kappa shape index (κ2) is 6.38. The van der Waals surface area contributed by atoms with E-state index in [1.807, 2.05) is 0 Å². The molecule has 0 aliphatic heterocycles. The molecule has 0 aliphatic rings. The van der Waals surface area contributed by atoms with Gasteiger partial charge in [0.1, 0.15) is 6.11 Å². The van der Waals surface area contributed by atoms with Crippen molar-refractivity contribution in [3.63, 3.8) is 0 Å². The molecule has 3 nitrogen and oxygen atoms in total. The fraction of sp³-hybridized carbons (Fsp3) is 0.333. The highest BCUT2D eigenvalue weighted by atomic mass is 31.2. The Morgan fingerprint density at radius 3 is 2.62 bits per heavy atom. The fourth-order valence-electron chi connectivity index (χ4n) is 0.475. The standard InChI is InChI=1S/C9H11O3P/c1-4-7-11-13(10,9-6-3)12-8-5-2/h4H,1,7H2,2-3H3. The maximum atomic E-state index is 11.6. The van der Waals surface area contributed by atoms with Crippen LogP contribution in [-0.2, 0) is 13.6 Å². The smallest absolute Gasteiger partial charge is 0.362 e. The van der Waals surface area contributed by atoms with E-state index in [0.717, 1.165) is 0 Å². The molecule has 0 heterocycles. The number of rotatable bonds is 4. The molecule has 1 atom stereocenters. The van der Waals surface area contributed by atoms with Crippen LogP contribution in [0, 0.1) is 23.6 Å². The van der Waals surface area contributed by atoms with Crippen molar-refractivity contribution in [1.29, 1.82) is 0 Å². The molecular formula is C9H11O3P. The first-order valence-electron chi connectivity index (χ1n) is 3.58. The minimum Gasteiger partial charge on any atom is -0.362 e. The summed E-state index contributed by atoms with van der Waals surface area (Å²) in [7, 11) is -3.36. The van der Waals surface area contributed by atoms with E-state index in [1.165, 1.54) is 6.08 Å². The largest absolute Gasteiger partial charge is 0.465 e. The van der Waals surface area contributed by atoms with Crippen molar-refractivity contribution in [2.24, 2.45) is 0 Å².